The van der Waals surface area contributed by atoms with Gasteiger partial charge in [0.2, 0.25) is 0 Å². The fourth-order valence-corrected chi connectivity index (χ4v) is 3.58. The van der Waals surface area contributed by atoms with Gasteiger partial charge in [-0.25, -0.2) is 0 Å². The second kappa shape index (κ2) is 5.55. The van der Waals surface area contributed by atoms with E-state index in [-0.39, 0.29) is 5.75 Å². The Morgan fingerprint density at radius 2 is 2.00 bits per heavy atom. The number of hydrogen-bond acceptors (Lipinski definition) is 3. The van der Waals surface area contributed by atoms with Crippen LogP contribution in [-0.4, -0.2) is 27.9 Å². The molecule has 0 bridgehead atoms. The lowest BCUT2D eigenvalue weighted by atomic mass is 9.94. The van der Waals surface area contributed by atoms with Crippen LogP contribution in [0.4, 0.5) is 13.2 Å². The molecule has 0 amide bonds. The van der Waals surface area contributed by atoms with E-state index in [9.17, 15) is 23.1 Å². The second-order valence-corrected chi connectivity index (χ2v) is 6.10. The van der Waals surface area contributed by atoms with Crippen molar-refractivity contribution in [3.8, 4) is 5.75 Å². The first kappa shape index (κ1) is 15.0. The lowest BCUT2D eigenvalue weighted by Gasteiger charge is -2.23. The number of aliphatic carboxylic acids is 1. The Balaban J connectivity index is 2.08. The molecule has 7 heteroatoms. The fraction of sp³-hybridized carbons (Fsp3) is 0.462. The number of alkyl halides is 3. The molecule has 1 saturated heterocycles. The van der Waals surface area contributed by atoms with E-state index in [1.807, 2.05) is 0 Å². The van der Waals surface area contributed by atoms with Gasteiger partial charge in [0.15, 0.2) is 0 Å². The highest BCUT2D eigenvalue weighted by atomic mass is 32.2. The Labute approximate surface area is 118 Å². The summed E-state index contributed by atoms with van der Waals surface area (Å²) in [5, 5.41) is 9.34. The molecule has 3 nitrogen and oxygen atoms in total. The molecule has 1 heterocycles. The number of carbonyl (C=O) groups is 1. The summed E-state index contributed by atoms with van der Waals surface area (Å²) in [7, 11) is 0. The minimum atomic E-state index is -4.72. The van der Waals surface area contributed by atoms with Crippen molar-refractivity contribution in [3.05, 3.63) is 29.8 Å². The number of carboxylic acid groups (broad SMARTS) is 1. The highest BCUT2D eigenvalue weighted by molar-refractivity contribution is 8.01. The van der Waals surface area contributed by atoms with Gasteiger partial charge >= 0.3 is 12.3 Å². The van der Waals surface area contributed by atoms with E-state index in [0.29, 0.717) is 18.4 Å². The van der Waals surface area contributed by atoms with Gasteiger partial charge in [0, 0.05) is 0 Å². The van der Waals surface area contributed by atoms with Crippen LogP contribution >= 0.6 is 11.8 Å². The van der Waals surface area contributed by atoms with Crippen molar-refractivity contribution in [1.29, 1.82) is 0 Å². The molecule has 0 aromatic heterocycles. The molecule has 1 aliphatic heterocycles. The van der Waals surface area contributed by atoms with Crippen molar-refractivity contribution in [3.63, 3.8) is 0 Å². The maximum Gasteiger partial charge on any atom is 0.573 e. The maximum atomic E-state index is 12.0. The SMILES string of the molecule is O=C(O)C1(Cc2ccc(OC(F)(F)F)cc2)CCCS1. The minimum absolute atomic E-state index is 0.301. The molecule has 1 aliphatic rings. The normalized spacial score (nSPS) is 22.8. The van der Waals surface area contributed by atoms with E-state index in [0.717, 1.165) is 12.2 Å². The van der Waals surface area contributed by atoms with Gasteiger partial charge in [0.05, 0.1) is 0 Å². The number of carboxylic acids is 1. The number of ether oxygens (including phenoxy) is 1. The molecular weight excluding hydrogens is 293 g/mol. The van der Waals surface area contributed by atoms with Crippen LogP contribution in [0.15, 0.2) is 24.3 Å². The predicted octanol–water partition coefficient (Wildman–Crippen LogP) is 3.48. The van der Waals surface area contributed by atoms with Crippen molar-refractivity contribution in [2.45, 2.75) is 30.4 Å². The molecule has 110 valence electrons. The third-order valence-electron chi connectivity index (χ3n) is 3.14. The number of halogens is 3. The van der Waals surface area contributed by atoms with Crippen molar-refractivity contribution < 1.29 is 27.8 Å². The third-order valence-corrected chi connectivity index (χ3v) is 4.71. The Hall–Kier alpha value is -1.37. The molecular formula is C13H13F3O3S. The van der Waals surface area contributed by atoms with Gasteiger partial charge in [-0.1, -0.05) is 12.1 Å². The van der Waals surface area contributed by atoms with Gasteiger partial charge in [-0.15, -0.1) is 24.9 Å². The zero-order valence-electron chi connectivity index (χ0n) is 10.4. The van der Waals surface area contributed by atoms with Gasteiger partial charge < -0.3 is 9.84 Å². The second-order valence-electron chi connectivity index (χ2n) is 4.62. The number of benzene rings is 1. The van der Waals surface area contributed by atoms with Crippen LogP contribution in [0.5, 0.6) is 5.75 Å². The van der Waals surface area contributed by atoms with Crippen LogP contribution in [0.1, 0.15) is 18.4 Å². The van der Waals surface area contributed by atoms with E-state index in [1.54, 1.807) is 0 Å². The summed E-state index contributed by atoms with van der Waals surface area (Å²) in [4.78, 5) is 11.4. The molecule has 1 fully saturated rings. The molecule has 1 N–H and O–H groups in total. The number of hydrogen-bond donors (Lipinski definition) is 1. The van der Waals surface area contributed by atoms with E-state index in [1.165, 1.54) is 36.0 Å². The van der Waals surface area contributed by atoms with Gasteiger partial charge in [0.1, 0.15) is 10.5 Å². The highest BCUT2D eigenvalue weighted by Crippen LogP contribution is 2.41. The van der Waals surface area contributed by atoms with Crippen LogP contribution in [-0.2, 0) is 11.2 Å². The molecule has 2 rings (SSSR count). The monoisotopic (exact) mass is 306 g/mol. The van der Waals surface area contributed by atoms with Gasteiger partial charge in [-0.3, -0.25) is 4.79 Å². The molecule has 0 spiro atoms. The average Bonchev–Trinajstić information content (AvgIpc) is 2.80. The molecule has 1 aromatic carbocycles. The molecule has 1 aromatic rings. The minimum Gasteiger partial charge on any atom is -0.480 e. The van der Waals surface area contributed by atoms with Gasteiger partial charge in [0.25, 0.3) is 0 Å². The summed E-state index contributed by atoms with van der Waals surface area (Å²) >= 11 is 1.40. The summed E-state index contributed by atoms with van der Waals surface area (Å²) in [5.74, 6) is -0.373. The lowest BCUT2D eigenvalue weighted by molar-refractivity contribution is -0.274. The Morgan fingerprint density at radius 3 is 2.45 bits per heavy atom. The summed E-state index contributed by atoms with van der Waals surface area (Å²) in [6.07, 6.45) is -3.00. The van der Waals surface area contributed by atoms with E-state index >= 15 is 0 Å². The van der Waals surface area contributed by atoms with E-state index in [2.05, 4.69) is 4.74 Å². The smallest absolute Gasteiger partial charge is 0.480 e. The Kier molecular flexibility index (Phi) is 4.17. The average molecular weight is 306 g/mol. The summed E-state index contributed by atoms with van der Waals surface area (Å²) in [6.45, 7) is 0. The number of rotatable bonds is 4. The van der Waals surface area contributed by atoms with E-state index in [4.69, 9.17) is 0 Å². The zero-order chi connectivity index (χ0) is 14.8. The van der Waals surface area contributed by atoms with Crippen molar-refractivity contribution in [2.75, 3.05) is 5.75 Å². The first-order valence-corrected chi connectivity index (χ1v) is 7.01. The maximum absolute atomic E-state index is 12.0. The topological polar surface area (TPSA) is 46.5 Å². The van der Waals surface area contributed by atoms with Crippen LogP contribution in [0.2, 0.25) is 0 Å². The van der Waals surface area contributed by atoms with Crippen LogP contribution in [0.25, 0.3) is 0 Å². The van der Waals surface area contributed by atoms with Crippen molar-refractivity contribution >= 4 is 17.7 Å². The molecule has 1 unspecified atom stereocenters. The fourth-order valence-electron chi connectivity index (χ4n) is 2.22. The van der Waals surface area contributed by atoms with Crippen LogP contribution in [0.3, 0.4) is 0 Å². The quantitative estimate of drug-likeness (QED) is 0.925. The van der Waals surface area contributed by atoms with Gasteiger partial charge in [-0.05, 0) is 42.7 Å². The van der Waals surface area contributed by atoms with Crippen LogP contribution in [0, 0.1) is 0 Å². The van der Waals surface area contributed by atoms with Gasteiger partial charge in [-0.2, -0.15) is 0 Å². The van der Waals surface area contributed by atoms with E-state index < -0.39 is 17.1 Å². The summed E-state index contributed by atoms with van der Waals surface area (Å²) in [6, 6.07) is 5.37. The summed E-state index contributed by atoms with van der Waals surface area (Å²) < 4.78 is 39.0. The Morgan fingerprint density at radius 1 is 1.35 bits per heavy atom. The molecule has 1 atom stereocenters. The highest BCUT2D eigenvalue weighted by Gasteiger charge is 2.42. The van der Waals surface area contributed by atoms with Crippen molar-refractivity contribution in [2.24, 2.45) is 0 Å². The van der Waals surface area contributed by atoms with Crippen LogP contribution < -0.4 is 4.74 Å². The Bertz CT molecular complexity index is 479. The largest absolute Gasteiger partial charge is 0.573 e. The third kappa shape index (κ3) is 3.59. The predicted molar refractivity (Wildman–Crippen MR) is 68.9 cm³/mol. The molecule has 0 aliphatic carbocycles. The first-order valence-electron chi connectivity index (χ1n) is 6.03. The number of thioether (sulfide) groups is 1. The first-order chi connectivity index (χ1) is 9.31. The lowest BCUT2D eigenvalue weighted by Crippen LogP contribution is -2.34. The molecule has 0 saturated carbocycles. The zero-order valence-corrected chi connectivity index (χ0v) is 11.3. The van der Waals surface area contributed by atoms with Crippen molar-refractivity contribution in [1.82, 2.24) is 0 Å². The summed E-state index contributed by atoms with van der Waals surface area (Å²) in [5.41, 5.74) is 0.691. The standard InChI is InChI=1S/C13H13F3O3S/c14-13(15,16)19-10-4-2-9(3-5-10)8-12(11(17)18)6-1-7-20-12/h2-5H,1,6-8H2,(H,17,18). The molecule has 20 heavy (non-hydrogen) atoms. The molecule has 0 radical (unpaired) electrons.